The Morgan fingerprint density at radius 2 is 2.33 bits per heavy atom. The standard InChI is InChI=1S/C10H16OS/c1-3-9(7-11)6-10-8(2)4-5-12-10/h4-5,9,11H,3,6-7H2,1-2H3. The second-order valence-electron chi connectivity index (χ2n) is 3.19. The molecule has 1 aromatic heterocycles. The zero-order chi connectivity index (χ0) is 8.97. The lowest BCUT2D eigenvalue weighted by Gasteiger charge is -2.09. The summed E-state index contributed by atoms with van der Waals surface area (Å²) in [4.78, 5) is 1.43. The molecule has 1 unspecified atom stereocenters. The molecule has 1 N–H and O–H groups in total. The van der Waals surface area contributed by atoms with Crippen LogP contribution in [0, 0.1) is 12.8 Å². The molecule has 0 aliphatic rings. The molecule has 0 aliphatic heterocycles. The van der Waals surface area contributed by atoms with Gasteiger partial charge in [0.2, 0.25) is 0 Å². The van der Waals surface area contributed by atoms with Crippen molar-refractivity contribution in [2.24, 2.45) is 5.92 Å². The zero-order valence-electron chi connectivity index (χ0n) is 7.71. The molecule has 2 heteroatoms. The Kier molecular flexibility index (Phi) is 3.76. The van der Waals surface area contributed by atoms with Crippen molar-refractivity contribution in [3.8, 4) is 0 Å². The van der Waals surface area contributed by atoms with Crippen LogP contribution in [0.1, 0.15) is 23.8 Å². The molecule has 1 aromatic rings. The number of aliphatic hydroxyl groups excluding tert-OH is 1. The molecule has 12 heavy (non-hydrogen) atoms. The smallest absolute Gasteiger partial charge is 0.0462 e. The predicted octanol–water partition coefficient (Wildman–Crippen LogP) is 2.62. The molecule has 0 amide bonds. The summed E-state index contributed by atoms with van der Waals surface area (Å²) in [5.74, 6) is 0.447. The van der Waals surface area contributed by atoms with Crippen molar-refractivity contribution in [1.29, 1.82) is 0 Å². The number of thiophene rings is 1. The van der Waals surface area contributed by atoms with Crippen LogP contribution in [-0.2, 0) is 6.42 Å². The molecule has 1 heterocycles. The van der Waals surface area contributed by atoms with Gasteiger partial charge in [-0.05, 0) is 36.3 Å². The molecule has 0 radical (unpaired) electrons. The van der Waals surface area contributed by atoms with Gasteiger partial charge in [-0.2, -0.15) is 0 Å². The predicted molar refractivity (Wildman–Crippen MR) is 53.6 cm³/mol. The molecule has 1 atom stereocenters. The highest BCUT2D eigenvalue weighted by atomic mass is 32.1. The van der Waals surface area contributed by atoms with Gasteiger partial charge in [0.25, 0.3) is 0 Å². The van der Waals surface area contributed by atoms with E-state index in [1.165, 1.54) is 10.4 Å². The fourth-order valence-electron chi connectivity index (χ4n) is 1.21. The van der Waals surface area contributed by atoms with Crippen LogP contribution in [-0.4, -0.2) is 11.7 Å². The lowest BCUT2D eigenvalue weighted by Crippen LogP contribution is -2.07. The molecule has 0 spiro atoms. The third kappa shape index (κ3) is 2.32. The normalized spacial score (nSPS) is 13.2. The molecule has 1 rings (SSSR count). The van der Waals surface area contributed by atoms with Gasteiger partial charge in [0.1, 0.15) is 0 Å². The maximum absolute atomic E-state index is 9.02. The van der Waals surface area contributed by atoms with Gasteiger partial charge in [0, 0.05) is 11.5 Å². The average molecular weight is 184 g/mol. The van der Waals surface area contributed by atoms with Gasteiger partial charge in [-0.3, -0.25) is 0 Å². The van der Waals surface area contributed by atoms with Crippen molar-refractivity contribution >= 4 is 11.3 Å². The summed E-state index contributed by atoms with van der Waals surface area (Å²) >= 11 is 1.80. The molecule has 1 nitrogen and oxygen atoms in total. The average Bonchev–Trinajstić information content (AvgIpc) is 2.47. The van der Waals surface area contributed by atoms with Crippen LogP contribution < -0.4 is 0 Å². The van der Waals surface area contributed by atoms with Crippen LogP contribution in [0.4, 0.5) is 0 Å². The van der Waals surface area contributed by atoms with Crippen molar-refractivity contribution in [2.75, 3.05) is 6.61 Å². The number of hydrogen-bond acceptors (Lipinski definition) is 2. The van der Waals surface area contributed by atoms with Crippen molar-refractivity contribution in [2.45, 2.75) is 26.7 Å². The Hall–Kier alpha value is -0.340. The van der Waals surface area contributed by atoms with Gasteiger partial charge in [-0.25, -0.2) is 0 Å². The van der Waals surface area contributed by atoms with Crippen molar-refractivity contribution in [3.05, 3.63) is 21.9 Å². The minimum atomic E-state index is 0.313. The van der Waals surface area contributed by atoms with Gasteiger partial charge in [0.05, 0.1) is 0 Å². The van der Waals surface area contributed by atoms with E-state index in [0.29, 0.717) is 12.5 Å². The van der Waals surface area contributed by atoms with Gasteiger partial charge in [0.15, 0.2) is 0 Å². The van der Waals surface area contributed by atoms with Crippen LogP contribution in [0.15, 0.2) is 11.4 Å². The Morgan fingerprint density at radius 1 is 1.58 bits per heavy atom. The van der Waals surface area contributed by atoms with E-state index >= 15 is 0 Å². The molecule has 0 saturated carbocycles. The Morgan fingerprint density at radius 3 is 2.75 bits per heavy atom. The molecule has 0 bridgehead atoms. The Bertz CT molecular complexity index is 225. The van der Waals surface area contributed by atoms with Gasteiger partial charge in [-0.15, -0.1) is 11.3 Å². The summed E-state index contributed by atoms with van der Waals surface area (Å²) in [5, 5.41) is 11.1. The molecule has 0 aromatic carbocycles. The summed E-state index contributed by atoms with van der Waals surface area (Å²) in [7, 11) is 0. The summed E-state index contributed by atoms with van der Waals surface area (Å²) in [6.45, 7) is 4.58. The van der Waals surface area contributed by atoms with E-state index in [0.717, 1.165) is 12.8 Å². The molecule has 0 aliphatic carbocycles. The summed E-state index contributed by atoms with van der Waals surface area (Å²) in [6.07, 6.45) is 2.10. The third-order valence-electron chi connectivity index (χ3n) is 2.28. The summed E-state index contributed by atoms with van der Waals surface area (Å²) < 4.78 is 0. The maximum Gasteiger partial charge on any atom is 0.0462 e. The third-order valence-corrected chi connectivity index (χ3v) is 3.32. The quantitative estimate of drug-likeness (QED) is 0.762. The second kappa shape index (κ2) is 4.63. The maximum atomic E-state index is 9.02. The fourth-order valence-corrected chi connectivity index (χ4v) is 2.24. The zero-order valence-corrected chi connectivity index (χ0v) is 8.53. The fraction of sp³-hybridized carbons (Fsp3) is 0.600. The lowest BCUT2D eigenvalue weighted by molar-refractivity contribution is 0.222. The number of aryl methyl sites for hydroxylation is 1. The molecular formula is C10H16OS. The van der Waals surface area contributed by atoms with E-state index in [-0.39, 0.29) is 0 Å². The van der Waals surface area contributed by atoms with Crippen molar-refractivity contribution < 1.29 is 5.11 Å². The van der Waals surface area contributed by atoms with Gasteiger partial charge < -0.3 is 5.11 Å². The van der Waals surface area contributed by atoms with E-state index < -0.39 is 0 Å². The first-order chi connectivity index (χ1) is 5.77. The SMILES string of the molecule is CCC(CO)Cc1sccc1C. The first kappa shape index (κ1) is 9.75. The Labute approximate surface area is 78.1 Å². The second-order valence-corrected chi connectivity index (χ2v) is 4.19. The molecule has 0 saturated heterocycles. The van der Waals surface area contributed by atoms with Crippen LogP contribution >= 0.6 is 11.3 Å². The minimum Gasteiger partial charge on any atom is -0.396 e. The van der Waals surface area contributed by atoms with Gasteiger partial charge in [-0.1, -0.05) is 13.3 Å². The first-order valence-electron chi connectivity index (χ1n) is 4.41. The van der Waals surface area contributed by atoms with E-state index in [1.807, 2.05) is 0 Å². The topological polar surface area (TPSA) is 20.2 Å². The number of aliphatic hydroxyl groups is 1. The minimum absolute atomic E-state index is 0.313. The van der Waals surface area contributed by atoms with Crippen molar-refractivity contribution in [1.82, 2.24) is 0 Å². The van der Waals surface area contributed by atoms with Crippen LogP contribution in [0.2, 0.25) is 0 Å². The van der Waals surface area contributed by atoms with E-state index in [9.17, 15) is 0 Å². The number of hydrogen-bond donors (Lipinski definition) is 1. The van der Waals surface area contributed by atoms with Crippen LogP contribution in [0.3, 0.4) is 0 Å². The lowest BCUT2D eigenvalue weighted by atomic mass is 10.0. The Balaban J connectivity index is 2.56. The van der Waals surface area contributed by atoms with E-state index in [2.05, 4.69) is 25.3 Å². The number of rotatable bonds is 4. The monoisotopic (exact) mass is 184 g/mol. The summed E-state index contributed by atoms with van der Waals surface area (Å²) in [5.41, 5.74) is 1.37. The molecular weight excluding hydrogens is 168 g/mol. The highest BCUT2D eigenvalue weighted by Crippen LogP contribution is 2.20. The van der Waals surface area contributed by atoms with E-state index in [1.54, 1.807) is 11.3 Å². The highest BCUT2D eigenvalue weighted by molar-refractivity contribution is 7.10. The summed E-state index contributed by atoms with van der Waals surface area (Å²) in [6, 6.07) is 2.14. The van der Waals surface area contributed by atoms with Crippen LogP contribution in [0.5, 0.6) is 0 Å². The first-order valence-corrected chi connectivity index (χ1v) is 5.29. The van der Waals surface area contributed by atoms with Crippen molar-refractivity contribution in [3.63, 3.8) is 0 Å². The molecule has 68 valence electrons. The van der Waals surface area contributed by atoms with Crippen LogP contribution in [0.25, 0.3) is 0 Å². The van der Waals surface area contributed by atoms with E-state index in [4.69, 9.17) is 5.11 Å². The largest absolute Gasteiger partial charge is 0.396 e. The highest BCUT2D eigenvalue weighted by Gasteiger charge is 2.08. The molecule has 0 fully saturated rings. The van der Waals surface area contributed by atoms with Gasteiger partial charge >= 0.3 is 0 Å².